The molecule has 0 amide bonds. The third kappa shape index (κ3) is 4.18. The van der Waals surface area contributed by atoms with E-state index in [4.69, 9.17) is 21.1 Å². The fraction of sp³-hybridized carbons (Fsp3) is 0.588. The number of hydrogen-bond donors (Lipinski definition) is 1. The molecule has 134 valence electrons. The van der Waals surface area contributed by atoms with E-state index in [0.29, 0.717) is 38.1 Å². The summed E-state index contributed by atoms with van der Waals surface area (Å²) >= 11 is 6.03. The van der Waals surface area contributed by atoms with Crippen molar-refractivity contribution in [2.24, 2.45) is 5.41 Å². The summed E-state index contributed by atoms with van der Waals surface area (Å²) in [5.41, 5.74) is -0.116. The number of ether oxygens (including phenoxy) is 2. The van der Waals surface area contributed by atoms with Gasteiger partial charge in [-0.3, -0.25) is 9.69 Å². The number of hydrogen-bond acceptors (Lipinski definition) is 4. The normalized spacial score (nSPS) is 21.7. The van der Waals surface area contributed by atoms with Gasteiger partial charge in [-0.2, -0.15) is 0 Å². The topological polar surface area (TPSA) is 59.0 Å². The van der Waals surface area contributed by atoms with Gasteiger partial charge in [0, 0.05) is 26.8 Å². The number of carbonyl (C=O) groups is 1. The van der Waals surface area contributed by atoms with Crippen LogP contribution in [0.3, 0.4) is 0 Å². The third-order valence-electron chi connectivity index (χ3n) is 4.56. The van der Waals surface area contributed by atoms with E-state index < -0.39 is 17.2 Å². The number of nitrogens with zero attached hydrogens (tertiary/aromatic N) is 1. The predicted molar refractivity (Wildman–Crippen MR) is 89.0 cm³/mol. The van der Waals surface area contributed by atoms with Crippen molar-refractivity contribution in [2.75, 3.05) is 33.9 Å². The standard InChI is InChI=1S/C17H23ClFNO4/c1-23-7-5-17(16(21)22)4-3-6-20(11-17)10-12-8-13(18)15(24-2)14(19)9-12/h8-9H,3-7,10-11H2,1-2H3,(H,21,22)/t17-/m1/s1. The van der Waals surface area contributed by atoms with Crippen molar-refractivity contribution in [1.29, 1.82) is 0 Å². The van der Waals surface area contributed by atoms with E-state index in [1.54, 1.807) is 13.2 Å². The fourth-order valence-electron chi connectivity index (χ4n) is 3.30. The van der Waals surface area contributed by atoms with Crippen molar-refractivity contribution in [1.82, 2.24) is 4.90 Å². The van der Waals surface area contributed by atoms with Crippen molar-refractivity contribution >= 4 is 17.6 Å². The van der Waals surface area contributed by atoms with E-state index in [0.717, 1.165) is 13.0 Å². The first-order valence-corrected chi connectivity index (χ1v) is 8.26. The zero-order valence-corrected chi connectivity index (χ0v) is 14.7. The Bertz CT molecular complexity index is 575. The lowest BCUT2D eigenvalue weighted by Crippen LogP contribution is -2.48. The van der Waals surface area contributed by atoms with Crippen LogP contribution in [0.15, 0.2) is 12.1 Å². The molecule has 1 atom stereocenters. The van der Waals surface area contributed by atoms with E-state index >= 15 is 0 Å². The first kappa shape index (κ1) is 19.0. The van der Waals surface area contributed by atoms with Crippen LogP contribution in [0.1, 0.15) is 24.8 Å². The maximum atomic E-state index is 14.0. The number of halogens is 2. The third-order valence-corrected chi connectivity index (χ3v) is 4.84. The Morgan fingerprint density at radius 3 is 2.79 bits per heavy atom. The van der Waals surface area contributed by atoms with Crippen molar-refractivity contribution in [3.8, 4) is 5.75 Å². The summed E-state index contributed by atoms with van der Waals surface area (Å²) in [7, 11) is 2.93. The number of piperidine rings is 1. The van der Waals surface area contributed by atoms with Crippen LogP contribution in [-0.2, 0) is 16.1 Å². The lowest BCUT2D eigenvalue weighted by atomic mass is 9.77. The molecule has 1 aliphatic rings. The van der Waals surface area contributed by atoms with Gasteiger partial charge in [-0.25, -0.2) is 4.39 Å². The maximum absolute atomic E-state index is 14.0. The van der Waals surface area contributed by atoms with Gasteiger partial charge in [-0.1, -0.05) is 11.6 Å². The Hall–Kier alpha value is -1.37. The Morgan fingerprint density at radius 1 is 1.46 bits per heavy atom. The molecule has 24 heavy (non-hydrogen) atoms. The molecule has 1 heterocycles. The molecule has 1 aromatic rings. The number of aliphatic carboxylic acids is 1. The number of benzene rings is 1. The van der Waals surface area contributed by atoms with Gasteiger partial charge in [0.25, 0.3) is 0 Å². The molecule has 5 nitrogen and oxygen atoms in total. The number of rotatable bonds is 7. The van der Waals surface area contributed by atoms with Crippen LogP contribution >= 0.6 is 11.6 Å². The monoisotopic (exact) mass is 359 g/mol. The highest BCUT2D eigenvalue weighted by Gasteiger charge is 2.42. The molecule has 0 saturated carbocycles. The summed E-state index contributed by atoms with van der Waals surface area (Å²) in [6, 6.07) is 3.05. The molecule has 0 radical (unpaired) electrons. The Labute approximate surface area is 146 Å². The average molecular weight is 360 g/mol. The van der Waals surface area contributed by atoms with E-state index in [1.807, 2.05) is 4.90 Å². The largest absolute Gasteiger partial charge is 0.492 e. The molecule has 0 aromatic heterocycles. The summed E-state index contributed by atoms with van der Waals surface area (Å²) in [5.74, 6) is -1.29. The smallest absolute Gasteiger partial charge is 0.311 e. The molecule has 1 aliphatic heterocycles. The summed E-state index contributed by atoms with van der Waals surface area (Å²) in [5, 5.41) is 9.89. The molecule has 1 aromatic carbocycles. The van der Waals surface area contributed by atoms with Gasteiger partial charge in [-0.15, -0.1) is 0 Å². The highest BCUT2D eigenvalue weighted by molar-refractivity contribution is 6.32. The van der Waals surface area contributed by atoms with Crippen LogP contribution in [0.5, 0.6) is 5.75 Å². The lowest BCUT2D eigenvalue weighted by molar-refractivity contribution is -0.154. The molecule has 0 aliphatic carbocycles. The molecule has 0 bridgehead atoms. The summed E-state index contributed by atoms with van der Waals surface area (Å²) in [6.45, 7) is 2.04. The number of carboxylic acids is 1. The quantitative estimate of drug-likeness (QED) is 0.810. The zero-order valence-electron chi connectivity index (χ0n) is 14.0. The maximum Gasteiger partial charge on any atom is 0.311 e. The summed E-state index contributed by atoms with van der Waals surface area (Å²) in [6.07, 6.45) is 1.87. The van der Waals surface area contributed by atoms with Gasteiger partial charge in [0.1, 0.15) is 0 Å². The Balaban J connectivity index is 2.14. The molecule has 0 spiro atoms. The predicted octanol–water partition coefficient (Wildman–Crippen LogP) is 3.19. The first-order valence-electron chi connectivity index (χ1n) is 7.88. The van der Waals surface area contributed by atoms with Crippen molar-refractivity contribution in [3.63, 3.8) is 0 Å². The molecule has 7 heteroatoms. The Kier molecular flexibility index (Phi) is 6.43. The van der Waals surface area contributed by atoms with E-state index in [2.05, 4.69) is 0 Å². The molecular weight excluding hydrogens is 337 g/mol. The molecular formula is C17H23ClFNO4. The zero-order chi connectivity index (χ0) is 17.7. The molecule has 1 fully saturated rings. The van der Waals surface area contributed by atoms with Crippen LogP contribution < -0.4 is 4.74 Å². The lowest BCUT2D eigenvalue weighted by Gasteiger charge is -2.40. The second kappa shape index (κ2) is 8.14. The van der Waals surface area contributed by atoms with E-state index in [9.17, 15) is 14.3 Å². The number of likely N-dealkylation sites (tertiary alicyclic amines) is 1. The van der Waals surface area contributed by atoms with Gasteiger partial charge in [0.2, 0.25) is 0 Å². The molecule has 1 N–H and O–H groups in total. The van der Waals surface area contributed by atoms with E-state index in [-0.39, 0.29) is 10.8 Å². The van der Waals surface area contributed by atoms with Crippen LogP contribution in [0.2, 0.25) is 5.02 Å². The molecule has 1 saturated heterocycles. The summed E-state index contributed by atoms with van der Waals surface area (Å²) in [4.78, 5) is 13.8. The number of methoxy groups -OCH3 is 2. The van der Waals surface area contributed by atoms with Crippen LogP contribution in [0.25, 0.3) is 0 Å². The van der Waals surface area contributed by atoms with Crippen molar-refractivity contribution in [3.05, 3.63) is 28.5 Å². The molecule has 0 unspecified atom stereocenters. The van der Waals surface area contributed by atoms with Crippen LogP contribution in [0.4, 0.5) is 4.39 Å². The minimum Gasteiger partial charge on any atom is -0.492 e. The van der Waals surface area contributed by atoms with Crippen LogP contribution in [-0.4, -0.2) is 49.9 Å². The average Bonchev–Trinajstić information content (AvgIpc) is 2.53. The second-order valence-corrected chi connectivity index (χ2v) is 6.64. The van der Waals surface area contributed by atoms with Crippen LogP contribution in [0, 0.1) is 11.2 Å². The number of carboxylic acid groups (broad SMARTS) is 1. The molecule has 2 rings (SSSR count). The Morgan fingerprint density at radius 2 is 2.21 bits per heavy atom. The van der Waals surface area contributed by atoms with Gasteiger partial charge in [-0.05, 0) is 43.5 Å². The second-order valence-electron chi connectivity index (χ2n) is 6.24. The van der Waals surface area contributed by atoms with Gasteiger partial charge in [0.05, 0.1) is 17.5 Å². The first-order chi connectivity index (χ1) is 11.4. The minimum absolute atomic E-state index is 0.0269. The van der Waals surface area contributed by atoms with Gasteiger partial charge in [0.15, 0.2) is 11.6 Å². The SMILES string of the molecule is COCC[C@]1(C(=O)O)CCCN(Cc2cc(F)c(OC)c(Cl)c2)C1. The van der Waals surface area contributed by atoms with Crippen molar-refractivity contribution in [2.45, 2.75) is 25.8 Å². The van der Waals surface area contributed by atoms with Gasteiger partial charge < -0.3 is 14.6 Å². The summed E-state index contributed by atoms with van der Waals surface area (Å²) < 4.78 is 24.0. The minimum atomic E-state index is -0.816. The van der Waals surface area contributed by atoms with E-state index in [1.165, 1.54) is 13.2 Å². The highest BCUT2D eigenvalue weighted by atomic mass is 35.5. The van der Waals surface area contributed by atoms with Gasteiger partial charge >= 0.3 is 5.97 Å². The highest BCUT2D eigenvalue weighted by Crippen LogP contribution is 2.35. The van der Waals surface area contributed by atoms with Crippen molar-refractivity contribution < 1.29 is 23.8 Å². The fourth-order valence-corrected chi connectivity index (χ4v) is 3.61.